The summed E-state index contributed by atoms with van der Waals surface area (Å²) in [6.45, 7) is 18.6. The van der Waals surface area contributed by atoms with Crippen molar-refractivity contribution in [1.82, 2.24) is 20.4 Å². The van der Waals surface area contributed by atoms with Gasteiger partial charge in [0.05, 0.1) is 0 Å². The number of nitrogens with one attached hydrogen (secondary N) is 2. The fourth-order valence-corrected chi connectivity index (χ4v) is 3.76. The highest BCUT2D eigenvalue weighted by molar-refractivity contribution is 5.78. The molecule has 2 fully saturated rings. The first-order valence-corrected chi connectivity index (χ1v) is 11.3. The lowest BCUT2D eigenvalue weighted by molar-refractivity contribution is -0.134. The lowest BCUT2D eigenvalue weighted by Crippen LogP contribution is -2.39. The summed E-state index contributed by atoms with van der Waals surface area (Å²) in [7, 11) is 0. The molecule has 3 atom stereocenters. The van der Waals surface area contributed by atoms with Gasteiger partial charge in [-0.3, -0.25) is 14.5 Å². The fraction of sp³-hybridized carbons (Fsp3) is 0.909. The van der Waals surface area contributed by atoms with Crippen LogP contribution in [0.1, 0.15) is 77.0 Å². The average Bonchev–Trinajstić information content (AvgIpc) is 3.30. The molecule has 2 N–H and O–H groups in total. The Morgan fingerprint density at radius 3 is 2.14 bits per heavy atom. The van der Waals surface area contributed by atoms with Crippen molar-refractivity contribution in [3.05, 3.63) is 0 Å². The van der Waals surface area contributed by atoms with E-state index in [4.69, 9.17) is 0 Å². The van der Waals surface area contributed by atoms with Crippen LogP contribution >= 0.6 is 0 Å². The van der Waals surface area contributed by atoms with Gasteiger partial charge in [-0.1, -0.05) is 34.6 Å². The molecule has 2 saturated heterocycles. The molecule has 0 radical (unpaired) electrons. The van der Waals surface area contributed by atoms with Gasteiger partial charge in [0.15, 0.2) is 0 Å². The van der Waals surface area contributed by atoms with E-state index in [1.807, 2.05) is 18.7 Å². The van der Waals surface area contributed by atoms with Crippen molar-refractivity contribution in [2.45, 2.75) is 98.3 Å². The molecular weight excluding hydrogens is 352 g/mol. The Bertz CT molecular complexity index is 492. The Hall–Kier alpha value is -1.14. The minimum absolute atomic E-state index is 0. The van der Waals surface area contributed by atoms with E-state index >= 15 is 0 Å². The summed E-state index contributed by atoms with van der Waals surface area (Å²) in [5.74, 6) is 0.684. The third-order valence-corrected chi connectivity index (χ3v) is 5.74. The molecule has 2 rings (SSSR count). The molecule has 2 aliphatic heterocycles. The molecular formula is C22H48N4O2. The van der Waals surface area contributed by atoms with Crippen molar-refractivity contribution in [2.75, 3.05) is 26.2 Å². The zero-order valence-corrected chi connectivity index (χ0v) is 19.3. The van der Waals surface area contributed by atoms with E-state index in [1.165, 1.54) is 0 Å². The average molecular weight is 401 g/mol. The number of carbonyl (C=O) groups is 2. The number of hydrogen-bond donors (Lipinski definition) is 2. The van der Waals surface area contributed by atoms with Crippen molar-refractivity contribution in [3.63, 3.8) is 0 Å². The van der Waals surface area contributed by atoms with Crippen LogP contribution in [0.2, 0.25) is 0 Å². The first-order valence-electron chi connectivity index (χ1n) is 11.3. The van der Waals surface area contributed by atoms with Crippen molar-refractivity contribution in [2.24, 2.45) is 5.92 Å². The highest BCUT2D eigenvalue weighted by atomic mass is 16.2. The minimum atomic E-state index is 0. The minimum Gasteiger partial charge on any atom is -0.352 e. The Morgan fingerprint density at radius 1 is 1.00 bits per heavy atom. The van der Waals surface area contributed by atoms with E-state index in [-0.39, 0.29) is 14.7 Å². The van der Waals surface area contributed by atoms with Crippen molar-refractivity contribution in [3.8, 4) is 0 Å². The molecule has 2 heterocycles. The van der Waals surface area contributed by atoms with Gasteiger partial charge in [0.1, 0.15) is 0 Å². The number of amides is 2. The van der Waals surface area contributed by atoms with E-state index in [2.05, 4.69) is 50.2 Å². The fourth-order valence-electron chi connectivity index (χ4n) is 3.76. The second-order valence-corrected chi connectivity index (χ2v) is 8.90. The highest BCUT2D eigenvalue weighted by Crippen LogP contribution is 2.15. The molecule has 0 aliphatic carbocycles. The summed E-state index contributed by atoms with van der Waals surface area (Å²) in [5.41, 5.74) is 0. The van der Waals surface area contributed by atoms with Crippen LogP contribution in [0.25, 0.3) is 0 Å². The van der Waals surface area contributed by atoms with E-state index in [1.54, 1.807) is 0 Å². The second-order valence-electron chi connectivity index (χ2n) is 8.90. The van der Waals surface area contributed by atoms with Crippen LogP contribution in [0, 0.1) is 5.92 Å². The van der Waals surface area contributed by atoms with Gasteiger partial charge in [-0.2, -0.15) is 0 Å². The smallest absolute Gasteiger partial charge is 0.225 e. The molecule has 0 aromatic carbocycles. The monoisotopic (exact) mass is 400 g/mol. The maximum absolute atomic E-state index is 11.9. The molecule has 6 heteroatoms. The quantitative estimate of drug-likeness (QED) is 0.689. The number of nitrogens with zero attached hydrogens (tertiary/aromatic N) is 2. The van der Waals surface area contributed by atoms with E-state index in [0.29, 0.717) is 36.5 Å². The largest absolute Gasteiger partial charge is 0.352 e. The third kappa shape index (κ3) is 8.48. The SMILES string of the molecule is CCC(=O)NC1CCN(C(C)C)C1.CCC(C)C(=O)N1CCC(NC(C)C)C1.[HH].[HH]. The van der Waals surface area contributed by atoms with E-state index in [9.17, 15) is 9.59 Å². The van der Waals surface area contributed by atoms with Gasteiger partial charge in [-0.15, -0.1) is 0 Å². The first-order chi connectivity index (χ1) is 13.2. The Kier molecular flexibility index (Phi) is 11.1. The molecule has 0 bridgehead atoms. The summed E-state index contributed by atoms with van der Waals surface area (Å²) >= 11 is 0. The first kappa shape index (κ1) is 24.9. The molecule has 168 valence electrons. The van der Waals surface area contributed by atoms with Crippen molar-refractivity contribution >= 4 is 11.8 Å². The Balaban J connectivity index is 0. The van der Waals surface area contributed by atoms with Crippen LogP contribution in [0.5, 0.6) is 0 Å². The number of likely N-dealkylation sites (tertiary alicyclic amines) is 2. The van der Waals surface area contributed by atoms with E-state index in [0.717, 1.165) is 45.4 Å². The van der Waals surface area contributed by atoms with Gasteiger partial charge in [0, 0.05) is 65.5 Å². The standard InChI is InChI=1S/C12H24N2O.C10H20N2O.2H2/c1-5-10(4)12(15)14-7-6-11(8-14)13-9(2)3;1-4-10(13)11-9-5-6-12(7-9)8(2)3;;/h9-11,13H,5-8H2,1-4H3;8-9H,4-7H2,1-3H3,(H,11,13);2*1H. The van der Waals surface area contributed by atoms with Crippen LogP contribution in [0.15, 0.2) is 0 Å². The summed E-state index contributed by atoms with van der Waals surface area (Å²) < 4.78 is 0. The summed E-state index contributed by atoms with van der Waals surface area (Å²) in [4.78, 5) is 27.4. The van der Waals surface area contributed by atoms with Crippen LogP contribution < -0.4 is 10.6 Å². The lowest BCUT2D eigenvalue weighted by Gasteiger charge is -2.21. The van der Waals surface area contributed by atoms with Crippen LogP contribution in [0.4, 0.5) is 0 Å². The zero-order valence-electron chi connectivity index (χ0n) is 19.3. The molecule has 2 aliphatic rings. The lowest BCUT2D eigenvalue weighted by atomic mass is 10.1. The molecule has 2 amide bonds. The van der Waals surface area contributed by atoms with E-state index < -0.39 is 0 Å². The molecule has 6 nitrogen and oxygen atoms in total. The van der Waals surface area contributed by atoms with Crippen LogP contribution in [-0.2, 0) is 9.59 Å². The van der Waals surface area contributed by atoms with Gasteiger partial charge >= 0.3 is 0 Å². The predicted molar refractivity (Wildman–Crippen MR) is 120 cm³/mol. The molecule has 0 aromatic rings. The Labute approximate surface area is 175 Å². The van der Waals surface area contributed by atoms with Crippen LogP contribution in [-0.4, -0.2) is 72.0 Å². The van der Waals surface area contributed by atoms with Crippen molar-refractivity contribution < 1.29 is 12.4 Å². The highest BCUT2D eigenvalue weighted by Gasteiger charge is 2.28. The van der Waals surface area contributed by atoms with Gasteiger partial charge < -0.3 is 15.5 Å². The third-order valence-electron chi connectivity index (χ3n) is 5.74. The second kappa shape index (κ2) is 12.4. The van der Waals surface area contributed by atoms with Crippen molar-refractivity contribution in [1.29, 1.82) is 0 Å². The summed E-state index contributed by atoms with van der Waals surface area (Å²) in [5, 5.41) is 6.52. The number of hydrogen-bond acceptors (Lipinski definition) is 4. The summed E-state index contributed by atoms with van der Waals surface area (Å²) in [6.07, 6.45) is 3.74. The predicted octanol–water partition coefficient (Wildman–Crippen LogP) is 3.12. The Morgan fingerprint density at radius 2 is 1.64 bits per heavy atom. The van der Waals surface area contributed by atoms with Gasteiger partial charge in [-0.25, -0.2) is 0 Å². The summed E-state index contributed by atoms with van der Waals surface area (Å²) in [6, 6.07) is 1.99. The van der Waals surface area contributed by atoms with Crippen LogP contribution in [0.3, 0.4) is 0 Å². The maximum atomic E-state index is 11.9. The molecule has 28 heavy (non-hydrogen) atoms. The molecule has 0 aromatic heterocycles. The van der Waals surface area contributed by atoms with Gasteiger partial charge in [-0.05, 0) is 33.1 Å². The van der Waals surface area contributed by atoms with Gasteiger partial charge in [0.25, 0.3) is 0 Å². The zero-order chi connectivity index (χ0) is 21.3. The number of rotatable bonds is 7. The molecule has 0 spiro atoms. The molecule has 0 saturated carbocycles. The maximum Gasteiger partial charge on any atom is 0.225 e. The normalized spacial score (nSPS) is 23.7. The van der Waals surface area contributed by atoms with Gasteiger partial charge in [0.2, 0.25) is 11.8 Å². The number of carbonyl (C=O) groups excluding carboxylic acids is 2. The molecule has 3 unspecified atom stereocenters. The topological polar surface area (TPSA) is 64.7 Å².